The molecule has 0 unspecified atom stereocenters. The summed E-state index contributed by atoms with van der Waals surface area (Å²) in [4.78, 5) is 0. The van der Waals surface area contributed by atoms with Gasteiger partial charge in [0.1, 0.15) is 0 Å². The van der Waals surface area contributed by atoms with Crippen LogP contribution in [-0.2, 0) is 0 Å². The molecule has 0 nitrogen and oxygen atoms in total. The summed E-state index contributed by atoms with van der Waals surface area (Å²) in [5, 5.41) is 0. The third kappa shape index (κ3) is 8.93. The van der Waals surface area contributed by atoms with Crippen LogP contribution in [-0.4, -0.2) is 0 Å². The highest BCUT2D eigenvalue weighted by molar-refractivity contribution is 5.62. The third-order valence-electron chi connectivity index (χ3n) is 2.50. The van der Waals surface area contributed by atoms with Gasteiger partial charge >= 0.3 is 0 Å². The molecular formula is C20H26. The van der Waals surface area contributed by atoms with Crippen LogP contribution in [0.5, 0.6) is 0 Å². The normalized spacial score (nSPS) is 8.95. The lowest BCUT2D eigenvalue weighted by Gasteiger charge is -1.98. The fourth-order valence-corrected chi connectivity index (χ4v) is 1.26. The minimum absolute atomic E-state index is 1.08. The van der Waals surface area contributed by atoms with Gasteiger partial charge < -0.3 is 0 Å². The molecule has 106 valence electrons. The molecule has 0 aliphatic rings. The van der Waals surface area contributed by atoms with Gasteiger partial charge in [0.05, 0.1) is 0 Å². The lowest BCUT2D eigenvalue weighted by atomic mass is 10.1. The van der Waals surface area contributed by atoms with Crippen molar-refractivity contribution < 1.29 is 0 Å². The van der Waals surface area contributed by atoms with Crippen molar-refractivity contribution in [3.05, 3.63) is 85.5 Å². The van der Waals surface area contributed by atoms with Crippen LogP contribution in [0.4, 0.5) is 0 Å². The molecule has 0 spiro atoms. The fourth-order valence-electron chi connectivity index (χ4n) is 1.26. The molecule has 2 aromatic carbocycles. The Labute approximate surface area is 124 Å². The topological polar surface area (TPSA) is 0 Å². The summed E-state index contributed by atoms with van der Waals surface area (Å²) in [6.07, 6.45) is 6.96. The first-order chi connectivity index (χ1) is 9.79. The van der Waals surface area contributed by atoms with E-state index in [1.807, 2.05) is 44.2 Å². The molecule has 20 heavy (non-hydrogen) atoms. The minimum Gasteiger partial charge on any atom is -0.103 e. The maximum absolute atomic E-state index is 3.48. The zero-order valence-corrected chi connectivity index (χ0v) is 12.9. The van der Waals surface area contributed by atoms with Crippen LogP contribution in [0.1, 0.15) is 27.2 Å². The lowest BCUT2D eigenvalue weighted by molar-refractivity contribution is 1.23. The van der Waals surface area contributed by atoms with E-state index < -0.39 is 0 Å². The predicted octanol–water partition coefficient (Wildman–Crippen LogP) is 6.52. The summed E-state index contributed by atoms with van der Waals surface area (Å²) >= 11 is 0. The summed E-state index contributed by atoms with van der Waals surface area (Å²) in [6, 6.07) is 20.8. The van der Waals surface area contributed by atoms with Crippen LogP contribution in [0.2, 0.25) is 0 Å². The molecule has 0 heteroatoms. The fraction of sp³-hybridized carbons (Fsp3) is 0.200. The average molecular weight is 266 g/mol. The number of hydrogen-bond donors (Lipinski definition) is 0. The molecular weight excluding hydrogens is 240 g/mol. The van der Waals surface area contributed by atoms with E-state index in [0.717, 1.165) is 6.42 Å². The summed E-state index contributed by atoms with van der Waals surface area (Å²) in [5.41, 5.74) is 2.55. The summed E-state index contributed by atoms with van der Waals surface area (Å²) in [7, 11) is 0. The van der Waals surface area contributed by atoms with E-state index in [2.05, 4.69) is 62.0 Å². The number of rotatable bonds is 2. The molecule has 0 aliphatic carbocycles. The highest BCUT2D eigenvalue weighted by Crippen LogP contribution is 2.17. The van der Waals surface area contributed by atoms with Gasteiger partial charge in [-0.1, -0.05) is 85.8 Å². The van der Waals surface area contributed by atoms with Crippen molar-refractivity contribution in [2.45, 2.75) is 27.2 Å². The van der Waals surface area contributed by atoms with Gasteiger partial charge in [0, 0.05) is 0 Å². The second-order valence-corrected chi connectivity index (χ2v) is 4.10. The molecule has 0 fully saturated rings. The van der Waals surface area contributed by atoms with Crippen molar-refractivity contribution in [3.8, 4) is 11.1 Å². The summed E-state index contributed by atoms with van der Waals surface area (Å²) in [6.45, 7) is 9.54. The van der Waals surface area contributed by atoms with Crippen LogP contribution in [0.3, 0.4) is 0 Å². The van der Waals surface area contributed by atoms with Gasteiger partial charge in [0.25, 0.3) is 0 Å². The van der Waals surface area contributed by atoms with Crippen LogP contribution >= 0.6 is 0 Å². The van der Waals surface area contributed by atoms with Crippen LogP contribution in [0.25, 0.3) is 11.1 Å². The van der Waals surface area contributed by atoms with E-state index in [1.165, 1.54) is 11.1 Å². The minimum atomic E-state index is 1.08. The van der Waals surface area contributed by atoms with Crippen molar-refractivity contribution in [1.29, 1.82) is 0 Å². The van der Waals surface area contributed by atoms with Crippen molar-refractivity contribution >= 4 is 0 Å². The zero-order valence-electron chi connectivity index (χ0n) is 12.9. The second-order valence-electron chi connectivity index (χ2n) is 4.10. The van der Waals surface area contributed by atoms with Crippen LogP contribution < -0.4 is 0 Å². The molecule has 0 radical (unpaired) electrons. The Morgan fingerprint density at radius 1 is 0.750 bits per heavy atom. The van der Waals surface area contributed by atoms with E-state index >= 15 is 0 Å². The van der Waals surface area contributed by atoms with Crippen molar-refractivity contribution in [2.75, 3.05) is 0 Å². The highest BCUT2D eigenvalue weighted by Gasteiger charge is 1.91. The van der Waals surface area contributed by atoms with Crippen molar-refractivity contribution in [1.82, 2.24) is 0 Å². The number of allylic oxidation sites excluding steroid dienone is 3. The Morgan fingerprint density at radius 2 is 1.05 bits per heavy atom. The third-order valence-corrected chi connectivity index (χ3v) is 2.50. The van der Waals surface area contributed by atoms with Crippen molar-refractivity contribution in [2.24, 2.45) is 0 Å². The Hall–Kier alpha value is -2.08. The lowest BCUT2D eigenvalue weighted by Crippen LogP contribution is -1.73. The van der Waals surface area contributed by atoms with Crippen LogP contribution in [0, 0.1) is 0 Å². The first-order valence-corrected chi connectivity index (χ1v) is 7.08. The highest BCUT2D eigenvalue weighted by atomic mass is 14.0. The van der Waals surface area contributed by atoms with Gasteiger partial charge in [-0.15, -0.1) is 6.58 Å². The Kier molecular flexibility index (Phi) is 12.0. The maximum atomic E-state index is 3.48. The van der Waals surface area contributed by atoms with E-state index in [1.54, 1.807) is 0 Å². The molecule has 0 bridgehead atoms. The van der Waals surface area contributed by atoms with Gasteiger partial charge in [-0.05, 0) is 31.4 Å². The molecule has 2 aromatic rings. The largest absolute Gasteiger partial charge is 0.103 e. The predicted molar refractivity (Wildman–Crippen MR) is 92.9 cm³/mol. The van der Waals surface area contributed by atoms with E-state index in [9.17, 15) is 0 Å². The molecule has 0 aromatic heterocycles. The van der Waals surface area contributed by atoms with Gasteiger partial charge in [0.15, 0.2) is 0 Å². The van der Waals surface area contributed by atoms with Gasteiger partial charge in [0.2, 0.25) is 0 Å². The molecule has 2 rings (SSSR count). The van der Waals surface area contributed by atoms with Crippen LogP contribution in [0.15, 0.2) is 85.5 Å². The molecule has 0 atom stereocenters. The maximum Gasteiger partial charge on any atom is -0.0184 e. The quantitative estimate of drug-likeness (QED) is 0.543. The molecule has 0 saturated heterocycles. The molecule has 0 N–H and O–H groups in total. The molecule has 0 saturated carbocycles. The smallest absolute Gasteiger partial charge is 0.0184 e. The number of benzene rings is 2. The molecule has 0 amide bonds. The van der Waals surface area contributed by atoms with Gasteiger partial charge in [-0.3, -0.25) is 0 Å². The van der Waals surface area contributed by atoms with E-state index in [4.69, 9.17) is 0 Å². The van der Waals surface area contributed by atoms with Gasteiger partial charge in [-0.2, -0.15) is 0 Å². The van der Waals surface area contributed by atoms with E-state index in [0.29, 0.717) is 0 Å². The summed E-state index contributed by atoms with van der Waals surface area (Å²) in [5.74, 6) is 0. The molecule has 0 aliphatic heterocycles. The first-order valence-electron chi connectivity index (χ1n) is 7.08. The average Bonchev–Trinajstić information content (AvgIpc) is 2.57. The first kappa shape index (κ1) is 17.9. The standard InChI is InChI=1S/C12H10.2C4H8/c1-3-7-11(8-4-1)12-9-5-2-6-10-12;2*1-3-4-2/h1-10H;3-4H,1-2H3;3H,1,4H2,2H3. The van der Waals surface area contributed by atoms with E-state index in [-0.39, 0.29) is 0 Å². The van der Waals surface area contributed by atoms with Gasteiger partial charge in [-0.25, -0.2) is 0 Å². The Morgan fingerprint density at radius 3 is 1.25 bits per heavy atom. The van der Waals surface area contributed by atoms with Crippen molar-refractivity contribution in [3.63, 3.8) is 0 Å². The Balaban J connectivity index is 0.000000380. The molecule has 0 heterocycles. The zero-order chi connectivity index (χ0) is 15.1. The summed E-state index contributed by atoms with van der Waals surface area (Å²) < 4.78 is 0. The number of hydrogen-bond acceptors (Lipinski definition) is 0. The Bertz CT molecular complexity index is 410. The second kappa shape index (κ2) is 13.4. The monoisotopic (exact) mass is 266 g/mol. The SMILES string of the molecule is C=CCC.CC=CC.c1ccc(-c2ccccc2)cc1.